The minimum atomic E-state index is 0.480. The van der Waals surface area contributed by atoms with E-state index in [1.807, 2.05) is 24.3 Å². The molecule has 0 heterocycles. The fraction of sp³-hybridized carbons (Fsp3) is 0.333. The van der Waals surface area contributed by atoms with Crippen molar-refractivity contribution in [3.05, 3.63) is 35.0 Å². The normalized spacial score (nSPS) is 37.5. The molecule has 0 amide bonds. The summed E-state index contributed by atoms with van der Waals surface area (Å²) in [6.45, 7) is 2.12. The Labute approximate surface area is 72.2 Å². The molecule has 0 saturated carbocycles. The van der Waals surface area contributed by atoms with Crippen LogP contribution in [0.25, 0.3) is 0 Å². The molecule has 1 aliphatic rings. The van der Waals surface area contributed by atoms with Crippen LogP contribution in [0.3, 0.4) is 0 Å². The van der Waals surface area contributed by atoms with Crippen molar-refractivity contribution < 1.29 is 0 Å². The third kappa shape index (κ3) is 2.81. The van der Waals surface area contributed by atoms with E-state index in [-0.39, 0.29) is 0 Å². The van der Waals surface area contributed by atoms with Gasteiger partial charge in [0.25, 0.3) is 0 Å². The first kappa shape index (κ1) is 8.41. The molecule has 1 rings (SSSR count). The molecule has 0 fully saturated rings. The Morgan fingerprint density at radius 3 is 3.00 bits per heavy atom. The van der Waals surface area contributed by atoms with Crippen LogP contribution < -0.4 is 5.73 Å². The van der Waals surface area contributed by atoms with Gasteiger partial charge in [-0.15, -0.1) is 0 Å². The molecule has 1 unspecified atom stereocenters. The Hall–Kier alpha value is -0.690. The maximum absolute atomic E-state index is 5.82. The third-order valence-electron chi connectivity index (χ3n) is 1.60. The molecule has 11 heavy (non-hydrogen) atoms. The average molecular weight is 170 g/mol. The highest BCUT2D eigenvalue weighted by molar-refractivity contribution is 6.31. The summed E-state index contributed by atoms with van der Waals surface area (Å²) in [5.41, 5.74) is 6.44. The van der Waals surface area contributed by atoms with Crippen LogP contribution in [-0.2, 0) is 0 Å². The van der Waals surface area contributed by atoms with E-state index in [0.29, 0.717) is 5.92 Å². The molecule has 0 radical (unpaired) electrons. The predicted molar refractivity (Wildman–Crippen MR) is 49.1 cm³/mol. The summed E-state index contributed by atoms with van der Waals surface area (Å²) < 4.78 is 0. The predicted octanol–water partition coefficient (Wildman–Crippen LogP) is 2.55. The van der Waals surface area contributed by atoms with Crippen molar-refractivity contribution in [2.75, 3.05) is 0 Å². The highest BCUT2D eigenvalue weighted by Gasteiger charge is 1.99. The first-order chi connectivity index (χ1) is 5.18. The van der Waals surface area contributed by atoms with Crippen LogP contribution in [0.4, 0.5) is 0 Å². The zero-order chi connectivity index (χ0) is 8.27. The highest BCUT2D eigenvalue weighted by atomic mass is 35.5. The fourth-order valence-corrected chi connectivity index (χ4v) is 1.15. The van der Waals surface area contributed by atoms with Gasteiger partial charge in [0.1, 0.15) is 0 Å². The lowest BCUT2D eigenvalue weighted by atomic mass is 10.0. The topological polar surface area (TPSA) is 26.0 Å². The SMILES string of the molecule is CC1\C=C(N)/C=C\C(Cl)=C\C1. The zero-order valence-corrected chi connectivity index (χ0v) is 7.31. The van der Waals surface area contributed by atoms with Gasteiger partial charge in [-0.25, -0.2) is 0 Å². The van der Waals surface area contributed by atoms with Gasteiger partial charge in [0.15, 0.2) is 0 Å². The van der Waals surface area contributed by atoms with Gasteiger partial charge in [-0.3, -0.25) is 0 Å². The van der Waals surface area contributed by atoms with Crippen LogP contribution in [-0.4, -0.2) is 0 Å². The van der Waals surface area contributed by atoms with Crippen molar-refractivity contribution in [2.24, 2.45) is 11.7 Å². The minimum Gasteiger partial charge on any atom is -0.399 e. The molecule has 0 saturated heterocycles. The summed E-state index contributed by atoms with van der Waals surface area (Å²) in [6.07, 6.45) is 8.65. The summed E-state index contributed by atoms with van der Waals surface area (Å²) in [6, 6.07) is 0. The van der Waals surface area contributed by atoms with Crippen LogP contribution in [0.2, 0.25) is 0 Å². The van der Waals surface area contributed by atoms with E-state index in [1.165, 1.54) is 0 Å². The lowest BCUT2D eigenvalue weighted by Gasteiger charge is -2.05. The summed E-state index contributed by atoms with van der Waals surface area (Å²) in [7, 11) is 0. The lowest BCUT2D eigenvalue weighted by Crippen LogP contribution is -1.99. The van der Waals surface area contributed by atoms with Crippen LogP contribution in [0.5, 0.6) is 0 Å². The zero-order valence-electron chi connectivity index (χ0n) is 6.55. The second-order valence-corrected chi connectivity index (χ2v) is 3.24. The van der Waals surface area contributed by atoms with Crippen molar-refractivity contribution in [1.29, 1.82) is 0 Å². The van der Waals surface area contributed by atoms with Crippen molar-refractivity contribution in [3.63, 3.8) is 0 Å². The maximum atomic E-state index is 5.82. The van der Waals surface area contributed by atoms with E-state index in [4.69, 9.17) is 17.3 Å². The highest BCUT2D eigenvalue weighted by Crippen LogP contribution is 2.15. The smallest absolute Gasteiger partial charge is 0.0367 e. The molecule has 1 aliphatic carbocycles. The van der Waals surface area contributed by atoms with Gasteiger partial charge in [0.2, 0.25) is 0 Å². The monoisotopic (exact) mass is 169 g/mol. The standard InChI is InChI=1S/C9H12ClN/c1-7-2-3-8(10)4-5-9(11)6-7/h3-7H,2,11H2,1H3/b5-4-,8-3-,9-6+. The Bertz CT molecular complexity index is 226. The van der Waals surface area contributed by atoms with E-state index in [9.17, 15) is 0 Å². The van der Waals surface area contributed by atoms with Crippen molar-refractivity contribution >= 4 is 11.6 Å². The van der Waals surface area contributed by atoms with Crippen molar-refractivity contribution in [3.8, 4) is 0 Å². The average Bonchev–Trinajstić information content (AvgIpc) is 1.95. The van der Waals surface area contributed by atoms with Gasteiger partial charge in [-0.1, -0.05) is 30.7 Å². The number of allylic oxidation sites excluding steroid dienone is 5. The van der Waals surface area contributed by atoms with Gasteiger partial charge < -0.3 is 5.73 Å². The number of hydrogen-bond donors (Lipinski definition) is 1. The van der Waals surface area contributed by atoms with E-state index >= 15 is 0 Å². The van der Waals surface area contributed by atoms with E-state index in [2.05, 4.69) is 6.92 Å². The summed E-state index contributed by atoms with van der Waals surface area (Å²) in [4.78, 5) is 0. The first-order valence-electron chi connectivity index (χ1n) is 3.69. The molecule has 0 aliphatic heterocycles. The van der Waals surface area contributed by atoms with Gasteiger partial charge in [-0.05, 0) is 24.5 Å². The minimum absolute atomic E-state index is 0.480. The largest absolute Gasteiger partial charge is 0.399 e. The number of halogens is 1. The molecule has 0 aromatic heterocycles. The quantitative estimate of drug-likeness (QED) is 0.593. The Balaban J connectivity index is 2.82. The van der Waals surface area contributed by atoms with E-state index < -0.39 is 0 Å². The molecule has 1 atom stereocenters. The number of rotatable bonds is 0. The molecule has 0 bridgehead atoms. The van der Waals surface area contributed by atoms with Crippen LogP contribution >= 0.6 is 11.6 Å². The third-order valence-corrected chi connectivity index (χ3v) is 1.88. The number of hydrogen-bond acceptors (Lipinski definition) is 1. The van der Waals surface area contributed by atoms with Gasteiger partial charge >= 0.3 is 0 Å². The van der Waals surface area contributed by atoms with Crippen LogP contribution in [0, 0.1) is 5.92 Å². The molecule has 0 aromatic carbocycles. The van der Waals surface area contributed by atoms with E-state index in [0.717, 1.165) is 17.2 Å². The first-order valence-corrected chi connectivity index (χ1v) is 4.07. The summed E-state index contributed by atoms with van der Waals surface area (Å²) in [5, 5.41) is 0.771. The van der Waals surface area contributed by atoms with Gasteiger partial charge in [0, 0.05) is 10.7 Å². The number of nitrogens with two attached hydrogens (primary N) is 1. The molecule has 60 valence electrons. The molecule has 0 spiro atoms. The van der Waals surface area contributed by atoms with Gasteiger partial charge in [0.05, 0.1) is 0 Å². The Morgan fingerprint density at radius 1 is 1.55 bits per heavy atom. The molecular formula is C9H12ClN. The van der Waals surface area contributed by atoms with Gasteiger partial charge in [-0.2, -0.15) is 0 Å². The molecular weight excluding hydrogens is 158 g/mol. The van der Waals surface area contributed by atoms with E-state index in [1.54, 1.807) is 0 Å². The fourth-order valence-electron chi connectivity index (χ4n) is 0.994. The maximum Gasteiger partial charge on any atom is 0.0367 e. The summed E-state index contributed by atoms with van der Waals surface area (Å²) >= 11 is 5.82. The van der Waals surface area contributed by atoms with Crippen LogP contribution in [0.15, 0.2) is 35.0 Å². The summed E-state index contributed by atoms with van der Waals surface area (Å²) in [5.74, 6) is 0.480. The Morgan fingerprint density at radius 2 is 2.27 bits per heavy atom. The Kier molecular flexibility index (Phi) is 2.77. The molecule has 2 N–H and O–H groups in total. The second-order valence-electron chi connectivity index (χ2n) is 2.80. The molecule has 1 nitrogen and oxygen atoms in total. The second kappa shape index (κ2) is 3.63. The van der Waals surface area contributed by atoms with Crippen molar-refractivity contribution in [1.82, 2.24) is 0 Å². The van der Waals surface area contributed by atoms with Crippen molar-refractivity contribution in [2.45, 2.75) is 13.3 Å². The van der Waals surface area contributed by atoms with Crippen LogP contribution in [0.1, 0.15) is 13.3 Å². The molecule has 2 heteroatoms. The molecule has 0 aromatic rings. The lowest BCUT2D eigenvalue weighted by molar-refractivity contribution is 0.736.